The molecule has 0 aliphatic rings. The lowest BCUT2D eigenvalue weighted by molar-refractivity contribution is -0.141. The molecule has 0 saturated carbocycles. The van der Waals surface area contributed by atoms with Gasteiger partial charge in [-0.2, -0.15) is 13.2 Å². The smallest absolute Gasteiger partial charge is 0.435 e. The summed E-state index contributed by atoms with van der Waals surface area (Å²) >= 11 is 16.4. The molecule has 0 saturated heterocycles. The molecule has 1 rings (SSSR count). The molecule has 0 spiro atoms. The molecule has 0 aliphatic carbocycles. The Kier molecular flexibility index (Phi) is 3.58. The fourth-order valence-electron chi connectivity index (χ4n) is 0.861. The van der Waals surface area contributed by atoms with Crippen LogP contribution in [0.4, 0.5) is 13.2 Å². The lowest BCUT2D eigenvalue weighted by atomic mass is 10.3. The van der Waals surface area contributed by atoms with E-state index in [-0.39, 0.29) is 10.8 Å². The van der Waals surface area contributed by atoms with E-state index >= 15 is 0 Å². The van der Waals surface area contributed by atoms with Crippen molar-refractivity contribution < 1.29 is 17.9 Å². The van der Waals surface area contributed by atoms with E-state index in [4.69, 9.17) is 34.8 Å². The number of hydrogen-bond acceptors (Lipinski definition) is 2. The number of halogens is 6. The summed E-state index contributed by atoms with van der Waals surface area (Å²) in [7, 11) is 1.13. The summed E-state index contributed by atoms with van der Waals surface area (Å²) in [4.78, 5) is 3.05. The maximum absolute atomic E-state index is 12.4. The van der Waals surface area contributed by atoms with Crippen molar-refractivity contribution in [2.24, 2.45) is 0 Å². The number of nitrogens with zero attached hydrogens (tertiary/aromatic N) is 1. The van der Waals surface area contributed by atoms with Crippen molar-refractivity contribution in [2.75, 3.05) is 7.11 Å². The van der Waals surface area contributed by atoms with E-state index in [0.717, 1.165) is 7.11 Å². The average molecular weight is 280 g/mol. The molecule has 1 aromatic heterocycles. The van der Waals surface area contributed by atoms with Gasteiger partial charge in [0.15, 0.2) is 16.6 Å². The molecule has 2 nitrogen and oxygen atoms in total. The number of methoxy groups -OCH3 is 1. The molecule has 0 fully saturated rings. The highest BCUT2D eigenvalue weighted by Gasteiger charge is 2.38. The van der Waals surface area contributed by atoms with Gasteiger partial charge in [0.1, 0.15) is 10.0 Å². The van der Waals surface area contributed by atoms with E-state index in [1.165, 1.54) is 0 Å². The van der Waals surface area contributed by atoms with Crippen molar-refractivity contribution in [3.63, 3.8) is 0 Å². The molecule has 0 atom stereocenters. The lowest BCUT2D eigenvalue weighted by Crippen LogP contribution is -2.10. The Morgan fingerprint density at radius 3 is 2.07 bits per heavy atom. The van der Waals surface area contributed by atoms with Crippen LogP contribution in [0.15, 0.2) is 0 Å². The van der Waals surface area contributed by atoms with Crippen LogP contribution >= 0.6 is 34.8 Å². The van der Waals surface area contributed by atoms with E-state index in [1.54, 1.807) is 0 Å². The molecule has 0 unspecified atom stereocenters. The van der Waals surface area contributed by atoms with E-state index < -0.39 is 22.0 Å². The standard InChI is InChI=1S/C7H3Cl3F3NO/c1-15-4-2(8)5(7(11,12)13)14-6(10)3(4)9/h1H3. The Morgan fingerprint density at radius 1 is 1.13 bits per heavy atom. The molecule has 8 heteroatoms. The average Bonchev–Trinajstić information content (AvgIpc) is 2.10. The van der Waals surface area contributed by atoms with Crippen molar-refractivity contribution in [1.82, 2.24) is 4.98 Å². The zero-order chi connectivity index (χ0) is 11.8. The van der Waals surface area contributed by atoms with Crippen LogP contribution < -0.4 is 4.74 Å². The fraction of sp³-hybridized carbons (Fsp3) is 0.286. The quantitative estimate of drug-likeness (QED) is 0.723. The predicted molar refractivity (Wildman–Crippen MR) is 50.8 cm³/mol. The predicted octanol–water partition coefficient (Wildman–Crippen LogP) is 4.07. The van der Waals surface area contributed by atoms with Crippen LogP contribution in [0.1, 0.15) is 5.69 Å². The van der Waals surface area contributed by atoms with Crippen LogP contribution in [0.3, 0.4) is 0 Å². The third kappa shape index (κ3) is 2.41. The second-order valence-corrected chi connectivity index (χ2v) is 3.52. The third-order valence-corrected chi connectivity index (χ3v) is 2.54. The van der Waals surface area contributed by atoms with Gasteiger partial charge in [-0.15, -0.1) is 0 Å². The molecule has 0 aromatic carbocycles. The third-order valence-electron chi connectivity index (χ3n) is 1.47. The van der Waals surface area contributed by atoms with Gasteiger partial charge in [0, 0.05) is 0 Å². The first-order chi connectivity index (χ1) is 6.79. The Labute approximate surface area is 97.9 Å². The van der Waals surface area contributed by atoms with Gasteiger partial charge >= 0.3 is 6.18 Å². The summed E-state index contributed by atoms with van der Waals surface area (Å²) in [6.07, 6.45) is -4.71. The number of hydrogen-bond donors (Lipinski definition) is 0. The molecular formula is C7H3Cl3F3NO. The van der Waals surface area contributed by atoms with Gasteiger partial charge in [0.2, 0.25) is 0 Å². The molecule has 0 N–H and O–H groups in total. The Morgan fingerprint density at radius 2 is 1.67 bits per heavy atom. The van der Waals surface area contributed by atoms with Crippen LogP contribution in [0, 0.1) is 0 Å². The van der Waals surface area contributed by atoms with E-state index in [1.807, 2.05) is 0 Å². The van der Waals surface area contributed by atoms with Crippen molar-refractivity contribution in [1.29, 1.82) is 0 Å². The van der Waals surface area contributed by atoms with Crippen molar-refractivity contribution in [3.05, 3.63) is 20.9 Å². The molecule has 84 valence electrons. The van der Waals surface area contributed by atoms with Gasteiger partial charge < -0.3 is 4.74 Å². The fourth-order valence-corrected chi connectivity index (χ4v) is 1.61. The highest BCUT2D eigenvalue weighted by atomic mass is 35.5. The Balaban J connectivity index is 3.51. The van der Waals surface area contributed by atoms with Gasteiger partial charge in [-0.25, -0.2) is 4.98 Å². The van der Waals surface area contributed by atoms with E-state index in [2.05, 4.69) is 9.72 Å². The van der Waals surface area contributed by atoms with Gasteiger partial charge in [-0.05, 0) is 0 Å². The molecule has 0 radical (unpaired) electrons. The highest BCUT2D eigenvalue weighted by Crippen LogP contribution is 2.43. The largest absolute Gasteiger partial charge is 0.493 e. The number of alkyl halides is 3. The molecule has 0 bridgehead atoms. The van der Waals surface area contributed by atoms with Crippen LogP contribution in [0.2, 0.25) is 15.2 Å². The normalized spacial score (nSPS) is 11.7. The summed E-state index contributed by atoms with van der Waals surface area (Å²) in [5.74, 6) is -0.342. The van der Waals surface area contributed by atoms with Gasteiger partial charge in [0.25, 0.3) is 0 Å². The van der Waals surface area contributed by atoms with Gasteiger partial charge in [-0.3, -0.25) is 0 Å². The maximum Gasteiger partial charge on any atom is 0.435 e. The first-order valence-corrected chi connectivity index (χ1v) is 4.58. The number of pyridine rings is 1. The summed E-state index contributed by atoms with van der Waals surface area (Å²) in [6.45, 7) is 0. The summed E-state index contributed by atoms with van der Waals surface area (Å²) in [6, 6.07) is 0. The van der Waals surface area contributed by atoms with Crippen LogP contribution in [-0.2, 0) is 6.18 Å². The maximum atomic E-state index is 12.4. The minimum Gasteiger partial charge on any atom is -0.493 e. The molecule has 1 aromatic rings. The van der Waals surface area contributed by atoms with Crippen molar-refractivity contribution >= 4 is 34.8 Å². The molecular weight excluding hydrogens is 277 g/mol. The highest BCUT2D eigenvalue weighted by molar-refractivity contribution is 6.44. The van der Waals surface area contributed by atoms with E-state index in [0.29, 0.717) is 0 Å². The molecule has 1 heterocycles. The SMILES string of the molecule is COc1c(Cl)c(Cl)nc(C(F)(F)F)c1Cl. The lowest BCUT2D eigenvalue weighted by Gasteiger charge is -2.12. The zero-order valence-corrected chi connectivity index (χ0v) is 9.39. The summed E-state index contributed by atoms with van der Waals surface area (Å²) < 4.78 is 41.7. The van der Waals surface area contributed by atoms with Crippen LogP contribution in [0.5, 0.6) is 5.75 Å². The van der Waals surface area contributed by atoms with Crippen molar-refractivity contribution in [3.8, 4) is 5.75 Å². The second kappa shape index (κ2) is 4.23. The first-order valence-electron chi connectivity index (χ1n) is 3.44. The summed E-state index contributed by atoms with van der Waals surface area (Å²) in [5.41, 5.74) is -1.32. The number of ether oxygens (including phenoxy) is 1. The van der Waals surface area contributed by atoms with E-state index in [9.17, 15) is 13.2 Å². The number of aromatic nitrogens is 1. The zero-order valence-electron chi connectivity index (χ0n) is 7.12. The number of rotatable bonds is 1. The summed E-state index contributed by atoms with van der Waals surface area (Å²) in [5, 5.41) is -1.47. The van der Waals surface area contributed by atoms with Crippen LogP contribution in [-0.4, -0.2) is 12.1 Å². The first kappa shape index (κ1) is 12.7. The second-order valence-electron chi connectivity index (χ2n) is 2.41. The molecule has 0 amide bonds. The topological polar surface area (TPSA) is 22.1 Å². The Bertz CT molecular complexity index is 394. The van der Waals surface area contributed by atoms with Gasteiger partial charge in [-0.1, -0.05) is 34.8 Å². The molecule has 0 aliphatic heterocycles. The van der Waals surface area contributed by atoms with Crippen LogP contribution in [0.25, 0.3) is 0 Å². The van der Waals surface area contributed by atoms with Gasteiger partial charge in [0.05, 0.1) is 7.11 Å². The Hall–Kier alpha value is -0.390. The van der Waals surface area contributed by atoms with Crippen molar-refractivity contribution in [2.45, 2.75) is 6.18 Å². The minimum atomic E-state index is -4.71. The minimum absolute atomic E-state index is 0.253. The monoisotopic (exact) mass is 279 g/mol. The molecule has 15 heavy (non-hydrogen) atoms.